The van der Waals surface area contributed by atoms with E-state index in [1.165, 1.54) is 28.6 Å². The third-order valence-corrected chi connectivity index (χ3v) is 6.94. The molecule has 31 heavy (non-hydrogen) atoms. The lowest BCUT2D eigenvalue weighted by atomic mass is 10.1. The minimum Gasteiger partial charge on any atom is -0.452 e. The fraction of sp³-hybridized carbons (Fsp3) is 0.333. The molecule has 1 amide bonds. The van der Waals surface area contributed by atoms with Crippen LogP contribution in [0.15, 0.2) is 53.4 Å². The fourth-order valence-electron chi connectivity index (χ4n) is 3.03. The second-order valence-corrected chi connectivity index (χ2v) is 9.33. The SMILES string of the molecule is CC(NC(=O)COC(=O)c1ccc(S(=O)(=O)N2CCOCC2)cc1)c1ccc(Cl)cc1. The number of hydrogen-bond acceptors (Lipinski definition) is 6. The minimum atomic E-state index is -3.64. The summed E-state index contributed by atoms with van der Waals surface area (Å²) in [6, 6.07) is 12.2. The molecule has 1 saturated heterocycles. The molecular formula is C21H23ClN2O6S. The van der Waals surface area contributed by atoms with Gasteiger partial charge in [0.2, 0.25) is 10.0 Å². The van der Waals surface area contributed by atoms with E-state index >= 15 is 0 Å². The molecule has 2 aromatic carbocycles. The topological polar surface area (TPSA) is 102 Å². The van der Waals surface area contributed by atoms with Crippen LogP contribution in [0.2, 0.25) is 5.02 Å². The predicted octanol–water partition coefficient (Wildman–Crippen LogP) is 2.40. The third kappa shape index (κ3) is 6.04. The number of morpholine rings is 1. The standard InChI is InChI=1S/C21H23ClN2O6S/c1-15(16-2-6-18(22)7-3-16)23-20(25)14-30-21(26)17-4-8-19(9-5-17)31(27,28)24-10-12-29-13-11-24/h2-9,15H,10-14H2,1H3,(H,23,25). The summed E-state index contributed by atoms with van der Waals surface area (Å²) in [6.07, 6.45) is 0. The van der Waals surface area contributed by atoms with E-state index in [9.17, 15) is 18.0 Å². The maximum atomic E-state index is 12.6. The first kappa shape index (κ1) is 23.2. The first-order valence-corrected chi connectivity index (χ1v) is 11.5. The number of benzene rings is 2. The number of esters is 1. The van der Waals surface area contributed by atoms with Gasteiger partial charge in [0.1, 0.15) is 0 Å². The van der Waals surface area contributed by atoms with Gasteiger partial charge >= 0.3 is 5.97 Å². The molecule has 1 aliphatic heterocycles. The molecule has 0 bridgehead atoms. The van der Waals surface area contributed by atoms with Crippen molar-refractivity contribution in [3.63, 3.8) is 0 Å². The molecule has 2 aromatic rings. The molecular weight excluding hydrogens is 444 g/mol. The molecule has 0 aliphatic carbocycles. The van der Waals surface area contributed by atoms with E-state index < -0.39 is 28.5 Å². The van der Waals surface area contributed by atoms with Crippen LogP contribution in [0.25, 0.3) is 0 Å². The van der Waals surface area contributed by atoms with E-state index in [0.717, 1.165) is 5.56 Å². The molecule has 0 spiro atoms. The van der Waals surface area contributed by atoms with E-state index in [2.05, 4.69) is 5.32 Å². The first-order valence-electron chi connectivity index (χ1n) is 9.67. The Morgan fingerprint density at radius 3 is 2.32 bits per heavy atom. The van der Waals surface area contributed by atoms with Crippen LogP contribution in [0, 0.1) is 0 Å². The average Bonchev–Trinajstić information content (AvgIpc) is 2.78. The number of hydrogen-bond donors (Lipinski definition) is 1. The molecule has 0 radical (unpaired) electrons. The lowest BCUT2D eigenvalue weighted by molar-refractivity contribution is -0.124. The van der Waals surface area contributed by atoms with Gasteiger partial charge in [-0.05, 0) is 48.9 Å². The Bertz CT molecular complexity index is 1020. The highest BCUT2D eigenvalue weighted by molar-refractivity contribution is 7.89. The van der Waals surface area contributed by atoms with Gasteiger partial charge in [-0.2, -0.15) is 4.31 Å². The van der Waals surface area contributed by atoms with E-state index in [1.807, 2.05) is 0 Å². The summed E-state index contributed by atoms with van der Waals surface area (Å²) in [4.78, 5) is 24.4. The third-order valence-electron chi connectivity index (χ3n) is 4.78. The molecule has 0 aromatic heterocycles. The number of carbonyl (C=O) groups excluding carboxylic acids is 2. The zero-order valence-corrected chi connectivity index (χ0v) is 18.5. The fourth-order valence-corrected chi connectivity index (χ4v) is 4.57. The van der Waals surface area contributed by atoms with Gasteiger partial charge < -0.3 is 14.8 Å². The largest absolute Gasteiger partial charge is 0.452 e. The van der Waals surface area contributed by atoms with Crippen molar-refractivity contribution < 1.29 is 27.5 Å². The van der Waals surface area contributed by atoms with Crippen LogP contribution in [0.5, 0.6) is 0 Å². The number of nitrogens with one attached hydrogen (secondary N) is 1. The molecule has 166 valence electrons. The normalized spacial score (nSPS) is 15.8. The van der Waals surface area contributed by atoms with Crippen molar-refractivity contribution in [1.29, 1.82) is 0 Å². The van der Waals surface area contributed by atoms with Gasteiger partial charge in [0.15, 0.2) is 6.61 Å². The van der Waals surface area contributed by atoms with Crippen molar-refractivity contribution in [2.24, 2.45) is 0 Å². The highest BCUT2D eigenvalue weighted by Crippen LogP contribution is 2.18. The number of sulfonamides is 1. The maximum absolute atomic E-state index is 12.6. The van der Waals surface area contributed by atoms with E-state index in [1.54, 1.807) is 31.2 Å². The van der Waals surface area contributed by atoms with E-state index in [-0.39, 0.29) is 29.6 Å². The van der Waals surface area contributed by atoms with Crippen molar-refractivity contribution in [2.45, 2.75) is 17.9 Å². The predicted molar refractivity (Wildman–Crippen MR) is 114 cm³/mol. The highest BCUT2D eigenvalue weighted by Gasteiger charge is 2.26. The maximum Gasteiger partial charge on any atom is 0.338 e. The van der Waals surface area contributed by atoms with Gasteiger partial charge in [-0.25, -0.2) is 13.2 Å². The molecule has 1 fully saturated rings. The molecule has 1 heterocycles. The molecule has 1 N–H and O–H groups in total. The summed E-state index contributed by atoms with van der Waals surface area (Å²) in [7, 11) is -3.64. The van der Waals surface area contributed by atoms with Crippen molar-refractivity contribution in [3.8, 4) is 0 Å². The van der Waals surface area contributed by atoms with E-state index in [4.69, 9.17) is 21.1 Å². The van der Waals surface area contributed by atoms with Crippen LogP contribution in [0.1, 0.15) is 28.9 Å². The summed E-state index contributed by atoms with van der Waals surface area (Å²) in [5.74, 6) is -1.17. The Hall–Kier alpha value is -2.46. The molecule has 0 saturated carbocycles. The van der Waals surface area contributed by atoms with E-state index in [0.29, 0.717) is 18.2 Å². The summed E-state index contributed by atoms with van der Waals surface area (Å²) in [6.45, 7) is 2.62. The smallest absolute Gasteiger partial charge is 0.338 e. The Morgan fingerprint density at radius 2 is 1.71 bits per heavy atom. The molecule has 1 atom stereocenters. The molecule has 3 rings (SSSR count). The monoisotopic (exact) mass is 466 g/mol. The summed E-state index contributed by atoms with van der Waals surface area (Å²) in [5.41, 5.74) is 1.01. The van der Waals surface area contributed by atoms with Crippen molar-refractivity contribution in [2.75, 3.05) is 32.9 Å². The van der Waals surface area contributed by atoms with Crippen LogP contribution in [0.4, 0.5) is 0 Å². The van der Waals surface area contributed by atoms with Gasteiger partial charge in [-0.1, -0.05) is 23.7 Å². The van der Waals surface area contributed by atoms with Crippen LogP contribution < -0.4 is 5.32 Å². The second-order valence-electron chi connectivity index (χ2n) is 6.96. The molecule has 8 nitrogen and oxygen atoms in total. The van der Waals surface area contributed by atoms with Gasteiger partial charge in [0, 0.05) is 18.1 Å². The van der Waals surface area contributed by atoms with Gasteiger partial charge in [0.25, 0.3) is 5.91 Å². The summed E-state index contributed by atoms with van der Waals surface area (Å²) < 4.78 is 36.8. The number of rotatable bonds is 7. The van der Waals surface area contributed by atoms with Crippen LogP contribution >= 0.6 is 11.6 Å². The number of halogens is 1. The van der Waals surface area contributed by atoms with Crippen LogP contribution in [-0.4, -0.2) is 57.5 Å². The Balaban J connectivity index is 1.53. The van der Waals surface area contributed by atoms with Gasteiger partial charge in [-0.3, -0.25) is 4.79 Å². The minimum absolute atomic E-state index is 0.0838. The highest BCUT2D eigenvalue weighted by atomic mass is 35.5. The number of nitrogens with zero attached hydrogens (tertiary/aromatic N) is 1. The van der Waals surface area contributed by atoms with Gasteiger partial charge in [-0.15, -0.1) is 0 Å². The zero-order chi connectivity index (χ0) is 22.4. The molecule has 1 aliphatic rings. The zero-order valence-electron chi connectivity index (χ0n) is 16.9. The lowest BCUT2D eigenvalue weighted by Crippen LogP contribution is -2.40. The Labute approximate surface area is 186 Å². The summed E-state index contributed by atoms with van der Waals surface area (Å²) in [5, 5.41) is 3.33. The van der Waals surface area contributed by atoms with Gasteiger partial charge in [0.05, 0.1) is 29.7 Å². The Kier molecular flexibility index (Phi) is 7.66. The first-order chi connectivity index (χ1) is 14.8. The average molecular weight is 467 g/mol. The number of amides is 1. The van der Waals surface area contributed by atoms with Crippen LogP contribution in [0.3, 0.4) is 0 Å². The molecule has 10 heteroatoms. The Morgan fingerprint density at radius 1 is 1.10 bits per heavy atom. The summed E-state index contributed by atoms with van der Waals surface area (Å²) >= 11 is 5.85. The van der Waals surface area contributed by atoms with Crippen LogP contribution in [-0.2, 0) is 24.3 Å². The van der Waals surface area contributed by atoms with Crippen molar-refractivity contribution >= 4 is 33.5 Å². The van der Waals surface area contributed by atoms with Crippen molar-refractivity contribution in [1.82, 2.24) is 9.62 Å². The molecule has 1 unspecified atom stereocenters. The number of ether oxygens (including phenoxy) is 2. The number of carbonyl (C=O) groups is 2. The quantitative estimate of drug-likeness (QED) is 0.628. The lowest BCUT2D eigenvalue weighted by Gasteiger charge is -2.26. The van der Waals surface area contributed by atoms with Crippen molar-refractivity contribution in [3.05, 3.63) is 64.7 Å². The second kappa shape index (κ2) is 10.2.